The van der Waals surface area contributed by atoms with E-state index in [0.29, 0.717) is 21.7 Å². The van der Waals surface area contributed by atoms with Crippen LogP contribution in [0.3, 0.4) is 0 Å². The highest BCUT2D eigenvalue weighted by atomic mass is 35.5. The predicted molar refractivity (Wildman–Crippen MR) is 133 cm³/mol. The number of carbonyl (C=O) groups is 2. The van der Waals surface area contributed by atoms with Crippen molar-refractivity contribution in [2.75, 3.05) is 11.4 Å². The van der Waals surface area contributed by atoms with E-state index >= 15 is 0 Å². The first-order valence-corrected chi connectivity index (χ1v) is 11.5. The molecule has 7 nitrogen and oxygen atoms in total. The molecule has 3 aromatic rings. The Bertz CT molecular complexity index is 1270. The number of hydrogen-bond donors (Lipinski definition) is 0. The summed E-state index contributed by atoms with van der Waals surface area (Å²) in [6.07, 6.45) is -0.864. The van der Waals surface area contributed by atoms with Gasteiger partial charge in [0.05, 0.1) is 11.6 Å². The Kier molecular flexibility index (Phi) is 6.38. The van der Waals surface area contributed by atoms with E-state index < -0.39 is 40.4 Å². The van der Waals surface area contributed by atoms with Gasteiger partial charge in [0.15, 0.2) is 0 Å². The number of benzene rings is 3. The van der Waals surface area contributed by atoms with Crippen molar-refractivity contribution in [2.24, 2.45) is 0 Å². The first-order valence-electron chi connectivity index (χ1n) is 11.2. The van der Waals surface area contributed by atoms with Gasteiger partial charge in [0, 0.05) is 9.95 Å². The van der Waals surface area contributed by atoms with E-state index in [1.54, 1.807) is 93.6 Å². The molecule has 1 aliphatic heterocycles. The lowest BCUT2D eigenvalue weighted by molar-refractivity contribution is -0.484. The summed E-state index contributed by atoms with van der Waals surface area (Å²) < 4.78 is 5.57. The molecular formula is C27H25ClN2O5. The zero-order chi connectivity index (χ0) is 25.4. The third kappa shape index (κ3) is 4.39. The lowest BCUT2D eigenvalue weighted by Gasteiger charge is -2.35. The van der Waals surface area contributed by atoms with Gasteiger partial charge in [-0.2, -0.15) is 0 Å². The normalized spacial score (nSPS) is 18.2. The van der Waals surface area contributed by atoms with E-state index in [0.717, 1.165) is 4.90 Å². The Balaban J connectivity index is 2.06. The molecule has 8 heteroatoms. The molecule has 3 aromatic carbocycles. The second-order valence-corrected chi connectivity index (χ2v) is 9.87. The van der Waals surface area contributed by atoms with Crippen molar-refractivity contribution in [3.8, 4) is 0 Å². The second kappa shape index (κ2) is 9.15. The van der Waals surface area contributed by atoms with E-state index in [9.17, 15) is 19.7 Å². The highest BCUT2D eigenvalue weighted by molar-refractivity contribution is 6.32. The summed E-state index contributed by atoms with van der Waals surface area (Å²) in [5.74, 6) is -1.54. The third-order valence-electron chi connectivity index (χ3n) is 6.03. The van der Waals surface area contributed by atoms with Crippen molar-refractivity contribution in [1.82, 2.24) is 0 Å². The van der Waals surface area contributed by atoms with Gasteiger partial charge in [0.25, 0.3) is 5.91 Å². The van der Waals surface area contributed by atoms with E-state index in [4.69, 9.17) is 16.3 Å². The molecule has 0 radical (unpaired) electrons. The number of fused-ring (bicyclic) bond motifs is 1. The molecule has 0 aromatic heterocycles. The average molecular weight is 493 g/mol. The number of rotatable bonds is 5. The fraction of sp³-hybridized carbons (Fsp3) is 0.259. The van der Waals surface area contributed by atoms with Gasteiger partial charge in [-0.05, 0) is 49.6 Å². The largest absolute Gasteiger partial charge is 0.443 e. The van der Waals surface area contributed by atoms with Crippen molar-refractivity contribution in [1.29, 1.82) is 0 Å². The van der Waals surface area contributed by atoms with Crippen LogP contribution in [0.5, 0.6) is 0 Å². The second-order valence-electron chi connectivity index (χ2n) is 9.43. The summed E-state index contributed by atoms with van der Waals surface area (Å²) in [5.41, 5.74) is -0.575. The molecule has 4 rings (SSSR count). The van der Waals surface area contributed by atoms with Gasteiger partial charge in [-0.1, -0.05) is 78.3 Å². The zero-order valence-corrected chi connectivity index (χ0v) is 20.4. The molecule has 0 unspecified atom stereocenters. The molecule has 0 N–H and O–H groups in total. The van der Waals surface area contributed by atoms with Crippen LogP contribution in [0.1, 0.15) is 43.4 Å². The number of ether oxygens (including phenoxy) is 1. The smallest absolute Gasteiger partial charge is 0.421 e. The predicted octanol–water partition coefficient (Wildman–Crippen LogP) is 5.97. The molecule has 2 amide bonds. The molecule has 180 valence electrons. The van der Waals surface area contributed by atoms with Crippen LogP contribution in [0.25, 0.3) is 0 Å². The molecule has 1 heterocycles. The van der Waals surface area contributed by atoms with Gasteiger partial charge >= 0.3 is 6.09 Å². The van der Waals surface area contributed by atoms with Crippen LogP contribution in [0.4, 0.5) is 10.5 Å². The molecule has 0 saturated heterocycles. The molecule has 0 saturated carbocycles. The molecular weight excluding hydrogens is 468 g/mol. The van der Waals surface area contributed by atoms with Gasteiger partial charge in [-0.3, -0.25) is 14.9 Å². The number of imide groups is 1. The number of anilines is 1. The first-order chi connectivity index (χ1) is 16.6. The summed E-state index contributed by atoms with van der Waals surface area (Å²) in [5, 5.41) is 12.3. The summed E-state index contributed by atoms with van der Waals surface area (Å²) in [6.45, 7) is 4.58. The molecule has 2 atom stereocenters. The minimum Gasteiger partial charge on any atom is -0.443 e. The molecule has 0 bridgehead atoms. The van der Waals surface area contributed by atoms with Crippen LogP contribution < -0.4 is 4.90 Å². The van der Waals surface area contributed by atoms with E-state index in [2.05, 4.69) is 0 Å². The minimum absolute atomic E-state index is 0.255. The number of halogens is 1. The van der Waals surface area contributed by atoms with E-state index in [-0.39, 0.29) is 5.69 Å². The molecule has 35 heavy (non-hydrogen) atoms. The van der Waals surface area contributed by atoms with Gasteiger partial charge < -0.3 is 4.74 Å². The van der Waals surface area contributed by atoms with Crippen molar-refractivity contribution in [2.45, 2.75) is 37.7 Å². The fourth-order valence-electron chi connectivity index (χ4n) is 4.76. The van der Waals surface area contributed by atoms with Crippen molar-refractivity contribution >= 4 is 29.3 Å². The first kappa shape index (κ1) is 24.4. The summed E-state index contributed by atoms with van der Waals surface area (Å²) in [4.78, 5) is 40.3. The molecule has 1 aliphatic rings. The number of nitrogens with zero attached hydrogens (tertiary/aromatic N) is 2. The lowest BCUT2D eigenvalue weighted by atomic mass is 9.64. The Morgan fingerprint density at radius 2 is 1.66 bits per heavy atom. The monoisotopic (exact) mass is 492 g/mol. The van der Waals surface area contributed by atoms with Crippen LogP contribution in [-0.4, -0.2) is 29.1 Å². The Morgan fingerprint density at radius 3 is 2.23 bits per heavy atom. The minimum atomic E-state index is -1.56. The van der Waals surface area contributed by atoms with Gasteiger partial charge in [-0.15, -0.1) is 0 Å². The topological polar surface area (TPSA) is 89.8 Å². The number of hydrogen-bond acceptors (Lipinski definition) is 5. The standard InChI is InChI=1S/C27H25ClN2O5/c1-26(2,3)35-25(32)30-23-16-20(28)14-15-21(23)27(24(30)31,19-12-8-5-9-13-19)22(17-29(33)34)18-10-6-4-7-11-18/h4-16,22H,17H2,1-3H3/t22-,27-/m0/s1. The summed E-state index contributed by atoms with van der Waals surface area (Å²) in [7, 11) is 0. The highest BCUT2D eigenvalue weighted by Crippen LogP contribution is 2.54. The maximum atomic E-state index is 14.5. The molecule has 0 aliphatic carbocycles. The van der Waals surface area contributed by atoms with Crippen molar-refractivity contribution in [3.05, 3.63) is 111 Å². The number of nitro groups is 1. The Labute approximate surface area is 208 Å². The summed E-state index contributed by atoms with van der Waals surface area (Å²) >= 11 is 6.30. The maximum absolute atomic E-state index is 14.5. The maximum Gasteiger partial charge on any atom is 0.421 e. The van der Waals surface area contributed by atoms with Crippen LogP contribution in [0.2, 0.25) is 5.02 Å². The van der Waals surface area contributed by atoms with Crippen LogP contribution in [0.15, 0.2) is 78.9 Å². The lowest BCUT2D eigenvalue weighted by Crippen LogP contribution is -2.50. The van der Waals surface area contributed by atoms with Crippen molar-refractivity contribution < 1.29 is 19.2 Å². The van der Waals surface area contributed by atoms with Crippen LogP contribution in [-0.2, 0) is 14.9 Å². The van der Waals surface area contributed by atoms with Gasteiger partial charge in [-0.25, -0.2) is 9.69 Å². The third-order valence-corrected chi connectivity index (χ3v) is 6.26. The quantitative estimate of drug-likeness (QED) is 0.323. The molecule has 0 spiro atoms. The van der Waals surface area contributed by atoms with Gasteiger partial charge in [0.1, 0.15) is 11.0 Å². The number of carbonyl (C=O) groups excluding carboxylic acids is 2. The zero-order valence-electron chi connectivity index (χ0n) is 19.6. The van der Waals surface area contributed by atoms with Gasteiger partial charge in [0.2, 0.25) is 6.54 Å². The Hall–Kier alpha value is -3.71. The fourth-order valence-corrected chi connectivity index (χ4v) is 4.92. The van der Waals surface area contributed by atoms with Crippen molar-refractivity contribution in [3.63, 3.8) is 0 Å². The average Bonchev–Trinajstić information content (AvgIpc) is 3.05. The highest BCUT2D eigenvalue weighted by Gasteiger charge is 2.60. The van der Waals surface area contributed by atoms with Crippen LogP contribution in [0, 0.1) is 10.1 Å². The Morgan fingerprint density at radius 1 is 1.06 bits per heavy atom. The SMILES string of the molecule is CC(C)(C)OC(=O)N1C(=O)[C@](c2ccccc2)([C@@H](C[N+](=O)[O-])c2ccccc2)c2ccc(Cl)cc21. The van der Waals surface area contributed by atoms with Crippen LogP contribution >= 0.6 is 11.6 Å². The number of amides is 2. The molecule has 0 fully saturated rings. The summed E-state index contributed by atoms with van der Waals surface area (Å²) in [6, 6.07) is 22.5. The van der Waals surface area contributed by atoms with E-state index in [1.165, 1.54) is 6.07 Å². The van der Waals surface area contributed by atoms with E-state index in [1.807, 2.05) is 0 Å².